The second-order valence-electron chi connectivity index (χ2n) is 6.38. The molecule has 0 saturated carbocycles. The van der Waals surface area contributed by atoms with Crippen LogP contribution < -0.4 is 4.74 Å². The molecule has 2 heteroatoms. The van der Waals surface area contributed by atoms with Crippen molar-refractivity contribution >= 4 is 49.1 Å². The molecule has 0 aromatic heterocycles. The lowest BCUT2D eigenvalue weighted by Gasteiger charge is -2.17. The molecule has 0 aliphatic rings. The summed E-state index contributed by atoms with van der Waals surface area (Å²) in [5.41, 5.74) is 0. The maximum atomic E-state index is 12.0. The minimum atomic E-state index is -0.209. The van der Waals surface area contributed by atoms with Crippen LogP contribution in [0.4, 0.5) is 0 Å². The predicted octanol–water partition coefficient (Wildman–Crippen LogP) is 6.05. The van der Waals surface area contributed by atoms with Crippen molar-refractivity contribution in [3.05, 3.63) is 66.7 Å². The standard InChI is InChI=1S/C23H16O2/c1-2-20(24)25-19-13-12-15-11-10-14-6-5-9-17-16-7-3-4-8-18(16)23(19)22(15)21(14)17/h3-13H,2H2,1H3. The van der Waals surface area contributed by atoms with Crippen LogP contribution in [0.3, 0.4) is 0 Å². The third-order valence-corrected chi connectivity index (χ3v) is 4.99. The van der Waals surface area contributed by atoms with Gasteiger partial charge >= 0.3 is 5.97 Å². The van der Waals surface area contributed by atoms with Gasteiger partial charge in [0.15, 0.2) is 0 Å². The fourth-order valence-corrected chi connectivity index (χ4v) is 3.88. The maximum Gasteiger partial charge on any atom is 0.310 e. The molecule has 5 rings (SSSR count). The van der Waals surface area contributed by atoms with Crippen LogP contribution in [0.15, 0.2) is 66.7 Å². The summed E-state index contributed by atoms with van der Waals surface area (Å²) in [4.78, 5) is 12.0. The zero-order chi connectivity index (χ0) is 17.0. The van der Waals surface area contributed by atoms with Gasteiger partial charge in [-0.25, -0.2) is 0 Å². The van der Waals surface area contributed by atoms with Crippen LogP contribution in [0.2, 0.25) is 0 Å². The topological polar surface area (TPSA) is 26.3 Å². The molecular formula is C23H16O2. The third-order valence-electron chi connectivity index (χ3n) is 4.99. The fraction of sp³-hybridized carbons (Fsp3) is 0.0870. The minimum absolute atomic E-state index is 0.209. The molecule has 120 valence electrons. The van der Waals surface area contributed by atoms with Crippen molar-refractivity contribution in [2.24, 2.45) is 0 Å². The Bertz CT molecular complexity index is 1270. The molecule has 5 aromatic rings. The molecule has 0 radical (unpaired) electrons. The number of rotatable bonds is 2. The van der Waals surface area contributed by atoms with Gasteiger partial charge in [-0.15, -0.1) is 0 Å². The summed E-state index contributed by atoms with van der Waals surface area (Å²) in [7, 11) is 0. The Morgan fingerprint density at radius 3 is 2.16 bits per heavy atom. The summed E-state index contributed by atoms with van der Waals surface area (Å²) in [6, 6.07) is 23.0. The predicted molar refractivity (Wildman–Crippen MR) is 104 cm³/mol. The Morgan fingerprint density at radius 2 is 1.36 bits per heavy atom. The van der Waals surface area contributed by atoms with Crippen LogP contribution in [0.5, 0.6) is 5.75 Å². The summed E-state index contributed by atoms with van der Waals surface area (Å²) in [5, 5.41) is 9.37. The van der Waals surface area contributed by atoms with Crippen LogP contribution >= 0.6 is 0 Å². The number of ether oxygens (including phenoxy) is 1. The van der Waals surface area contributed by atoms with Gasteiger partial charge in [0, 0.05) is 17.2 Å². The smallest absolute Gasteiger partial charge is 0.310 e. The Balaban J connectivity index is 2.09. The fourth-order valence-electron chi connectivity index (χ4n) is 3.88. The van der Waals surface area contributed by atoms with E-state index in [9.17, 15) is 4.79 Å². The van der Waals surface area contributed by atoms with Crippen LogP contribution in [0.1, 0.15) is 13.3 Å². The molecule has 2 nitrogen and oxygen atoms in total. The summed E-state index contributed by atoms with van der Waals surface area (Å²) in [6.45, 7) is 1.82. The van der Waals surface area contributed by atoms with Gasteiger partial charge in [-0.1, -0.05) is 67.6 Å². The Labute approximate surface area is 145 Å². The molecule has 0 amide bonds. The van der Waals surface area contributed by atoms with Gasteiger partial charge in [-0.05, 0) is 38.4 Å². The monoisotopic (exact) mass is 324 g/mol. The van der Waals surface area contributed by atoms with E-state index in [1.807, 2.05) is 25.1 Å². The molecule has 0 aliphatic carbocycles. The van der Waals surface area contributed by atoms with Crippen LogP contribution in [0.25, 0.3) is 43.1 Å². The summed E-state index contributed by atoms with van der Waals surface area (Å²) >= 11 is 0. The van der Waals surface area contributed by atoms with Crippen molar-refractivity contribution < 1.29 is 9.53 Å². The Hall–Kier alpha value is -3.13. The average Bonchev–Trinajstić information content (AvgIpc) is 2.67. The highest BCUT2D eigenvalue weighted by molar-refractivity contribution is 6.34. The highest BCUT2D eigenvalue weighted by atomic mass is 16.5. The van der Waals surface area contributed by atoms with E-state index in [0.717, 1.165) is 10.8 Å². The highest BCUT2D eigenvalue weighted by Gasteiger charge is 2.17. The molecule has 0 aliphatic heterocycles. The zero-order valence-corrected chi connectivity index (χ0v) is 13.9. The molecule has 5 aromatic carbocycles. The van der Waals surface area contributed by atoms with E-state index in [4.69, 9.17) is 4.74 Å². The number of benzene rings is 5. The first-order valence-corrected chi connectivity index (χ1v) is 8.57. The molecular weight excluding hydrogens is 308 g/mol. The van der Waals surface area contributed by atoms with Crippen molar-refractivity contribution in [3.8, 4) is 5.75 Å². The summed E-state index contributed by atoms with van der Waals surface area (Å²) < 4.78 is 5.69. The Kier molecular flexibility index (Phi) is 2.95. The van der Waals surface area contributed by atoms with E-state index in [1.165, 1.54) is 32.3 Å². The number of fused-ring (bicyclic) bond motifs is 3. The minimum Gasteiger partial charge on any atom is -0.426 e. The molecule has 0 fully saturated rings. The first-order chi connectivity index (χ1) is 12.3. The highest BCUT2D eigenvalue weighted by Crippen LogP contribution is 2.44. The molecule has 0 bridgehead atoms. The van der Waals surface area contributed by atoms with Crippen molar-refractivity contribution in [1.29, 1.82) is 0 Å². The molecule has 0 heterocycles. The van der Waals surface area contributed by atoms with Crippen LogP contribution in [-0.2, 0) is 4.79 Å². The zero-order valence-electron chi connectivity index (χ0n) is 13.9. The van der Waals surface area contributed by atoms with Gasteiger partial charge in [0.05, 0.1) is 0 Å². The third kappa shape index (κ3) is 1.94. The van der Waals surface area contributed by atoms with E-state index in [0.29, 0.717) is 12.2 Å². The van der Waals surface area contributed by atoms with Gasteiger partial charge in [0.2, 0.25) is 0 Å². The molecule has 0 saturated heterocycles. The lowest BCUT2D eigenvalue weighted by atomic mass is 9.89. The molecule has 0 atom stereocenters. The van der Waals surface area contributed by atoms with Gasteiger partial charge in [0.25, 0.3) is 0 Å². The van der Waals surface area contributed by atoms with E-state index in [1.54, 1.807) is 0 Å². The van der Waals surface area contributed by atoms with E-state index in [-0.39, 0.29) is 5.97 Å². The molecule has 0 unspecified atom stereocenters. The quantitative estimate of drug-likeness (QED) is 0.171. The van der Waals surface area contributed by atoms with Gasteiger partial charge in [-0.3, -0.25) is 4.79 Å². The lowest BCUT2D eigenvalue weighted by Crippen LogP contribution is -2.06. The van der Waals surface area contributed by atoms with Gasteiger partial charge < -0.3 is 4.74 Å². The number of hydrogen-bond donors (Lipinski definition) is 0. The summed E-state index contributed by atoms with van der Waals surface area (Å²) in [5.74, 6) is 0.438. The second kappa shape index (κ2) is 5.18. The van der Waals surface area contributed by atoms with Crippen molar-refractivity contribution in [2.75, 3.05) is 0 Å². The van der Waals surface area contributed by atoms with Crippen molar-refractivity contribution in [3.63, 3.8) is 0 Å². The maximum absolute atomic E-state index is 12.0. The molecule has 25 heavy (non-hydrogen) atoms. The van der Waals surface area contributed by atoms with Gasteiger partial charge in [-0.2, -0.15) is 0 Å². The van der Waals surface area contributed by atoms with Gasteiger partial charge in [0.1, 0.15) is 5.75 Å². The number of esters is 1. The van der Waals surface area contributed by atoms with E-state index >= 15 is 0 Å². The first-order valence-electron chi connectivity index (χ1n) is 8.57. The normalized spacial score (nSPS) is 11.7. The number of carbonyl (C=O) groups is 1. The van der Waals surface area contributed by atoms with Crippen molar-refractivity contribution in [2.45, 2.75) is 13.3 Å². The SMILES string of the molecule is CCC(=O)Oc1ccc2ccc3cccc4c5ccccc5c1c2c34. The number of carbonyl (C=O) groups excluding carboxylic acids is 1. The van der Waals surface area contributed by atoms with E-state index < -0.39 is 0 Å². The van der Waals surface area contributed by atoms with Crippen molar-refractivity contribution in [1.82, 2.24) is 0 Å². The van der Waals surface area contributed by atoms with Crippen LogP contribution in [-0.4, -0.2) is 5.97 Å². The van der Waals surface area contributed by atoms with Crippen LogP contribution in [0, 0.1) is 0 Å². The van der Waals surface area contributed by atoms with E-state index in [2.05, 4.69) is 48.5 Å². The molecule has 0 N–H and O–H groups in total. The largest absolute Gasteiger partial charge is 0.426 e. The second-order valence-corrected chi connectivity index (χ2v) is 6.38. The number of hydrogen-bond acceptors (Lipinski definition) is 2. The Morgan fingerprint density at radius 1 is 0.720 bits per heavy atom. The molecule has 0 spiro atoms. The lowest BCUT2D eigenvalue weighted by molar-refractivity contribution is -0.133. The summed E-state index contributed by atoms with van der Waals surface area (Å²) in [6.07, 6.45) is 0.361. The average molecular weight is 324 g/mol. The first kappa shape index (κ1) is 14.2.